The number of imidazole rings is 1. The summed E-state index contributed by atoms with van der Waals surface area (Å²) in [7, 11) is 1.88. The molecule has 0 bridgehead atoms. The summed E-state index contributed by atoms with van der Waals surface area (Å²) in [6, 6.07) is 7.55. The maximum Gasteiger partial charge on any atom is 0.232 e. The van der Waals surface area contributed by atoms with Crippen LogP contribution in [0.1, 0.15) is 6.92 Å². The highest BCUT2D eigenvalue weighted by Crippen LogP contribution is 2.25. The fourth-order valence-electron chi connectivity index (χ4n) is 2.69. The van der Waals surface area contributed by atoms with Crippen molar-refractivity contribution in [2.75, 3.05) is 5.32 Å². The smallest absolute Gasteiger partial charge is 0.232 e. The molecule has 130 valence electrons. The Morgan fingerprint density at radius 2 is 2.04 bits per heavy atom. The maximum absolute atomic E-state index is 11.2. The molecule has 0 radical (unpaired) electrons. The lowest BCUT2D eigenvalue weighted by atomic mass is 10.1. The van der Waals surface area contributed by atoms with Crippen molar-refractivity contribution < 1.29 is 4.79 Å². The van der Waals surface area contributed by atoms with Crippen LogP contribution in [0.25, 0.3) is 28.0 Å². The topological polar surface area (TPSA) is 90.5 Å². The molecule has 0 fully saturated rings. The largest absolute Gasteiger partial charge is 0.295 e. The van der Waals surface area contributed by atoms with Gasteiger partial charge in [0.1, 0.15) is 17.3 Å². The zero-order valence-electron chi connectivity index (χ0n) is 14.0. The molecule has 8 nitrogen and oxygen atoms in total. The number of nitrogens with one attached hydrogen (secondary N) is 1. The highest BCUT2D eigenvalue weighted by atomic mass is 35.5. The van der Waals surface area contributed by atoms with Crippen LogP contribution in [0.3, 0.4) is 0 Å². The Hall–Kier alpha value is -3.26. The first-order chi connectivity index (χ1) is 12.5. The number of halogens is 1. The van der Waals surface area contributed by atoms with Gasteiger partial charge in [0.15, 0.2) is 0 Å². The van der Waals surface area contributed by atoms with E-state index in [-0.39, 0.29) is 17.0 Å². The number of amides is 1. The molecular formula is C17H14ClN7O. The van der Waals surface area contributed by atoms with E-state index in [0.717, 1.165) is 22.2 Å². The van der Waals surface area contributed by atoms with Crippen LogP contribution in [0.5, 0.6) is 0 Å². The van der Waals surface area contributed by atoms with Crippen molar-refractivity contribution in [1.29, 1.82) is 0 Å². The van der Waals surface area contributed by atoms with E-state index in [4.69, 9.17) is 11.6 Å². The number of carbonyl (C=O) groups is 1. The van der Waals surface area contributed by atoms with Crippen molar-refractivity contribution in [2.45, 2.75) is 6.92 Å². The lowest BCUT2D eigenvalue weighted by Crippen LogP contribution is -2.11. The van der Waals surface area contributed by atoms with Crippen LogP contribution in [-0.2, 0) is 11.8 Å². The first-order valence-corrected chi connectivity index (χ1v) is 8.16. The summed E-state index contributed by atoms with van der Waals surface area (Å²) < 4.78 is 3.55. The van der Waals surface area contributed by atoms with E-state index in [1.165, 1.54) is 6.92 Å². The summed E-state index contributed by atoms with van der Waals surface area (Å²) in [4.78, 5) is 24.0. The molecule has 0 spiro atoms. The van der Waals surface area contributed by atoms with Crippen LogP contribution in [0, 0.1) is 0 Å². The normalized spacial score (nSPS) is 11.0. The number of fused-ring (bicyclic) bond motifs is 1. The average molecular weight is 368 g/mol. The first kappa shape index (κ1) is 16.2. The van der Waals surface area contributed by atoms with Gasteiger partial charge >= 0.3 is 0 Å². The third-order valence-corrected chi connectivity index (χ3v) is 4.00. The standard InChI is InChI=1S/C17H14ClN7O/c1-10(26)21-17-22-15(18)6-16(23-17)25-9-19-13-5-11(3-4-14(13)25)12-7-20-24(2)8-12/h3-9H,1-2H3,(H,21,22,23,26). The van der Waals surface area contributed by atoms with Gasteiger partial charge in [-0.25, -0.2) is 9.97 Å². The lowest BCUT2D eigenvalue weighted by Gasteiger charge is -2.07. The van der Waals surface area contributed by atoms with E-state index < -0.39 is 0 Å². The summed E-state index contributed by atoms with van der Waals surface area (Å²) in [6.45, 7) is 1.39. The number of carbonyl (C=O) groups excluding carboxylic acids is 1. The fraction of sp³-hybridized carbons (Fsp3) is 0.118. The molecule has 0 aliphatic heterocycles. The van der Waals surface area contributed by atoms with E-state index in [9.17, 15) is 4.79 Å². The molecule has 0 unspecified atom stereocenters. The summed E-state index contributed by atoms with van der Waals surface area (Å²) in [5, 5.41) is 6.96. The minimum Gasteiger partial charge on any atom is -0.295 e. The molecule has 3 heterocycles. The van der Waals surface area contributed by atoms with Gasteiger partial charge in [-0.3, -0.25) is 19.4 Å². The van der Waals surface area contributed by atoms with Crippen LogP contribution in [0.4, 0.5) is 5.95 Å². The molecule has 0 aliphatic carbocycles. The Morgan fingerprint density at radius 1 is 1.19 bits per heavy atom. The summed E-state index contributed by atoms with van der Waals surface area (Å²) in [5.74, 6) is 0.397. The highest BCUT2D eigenvalue weighted by molar-refractivity contribution is 6.29. The first-order valence-electron chi connectivity index (χ1n) is 7.78. The zero-order valence-corrected chi connectivity index (χ0v) is 14.8. The molecule has 26 heavy (non-hydrogen) atoms. The van der Waals surface area contributed by atoms with Crippen LogP contribution in [0.2, 0.25) is 5.15 Å². The molecule has 1 aromatic carbocycles. The Labute approximate surface area is 153 Å². The van der Waals surface area contributed by atoms with Gasteiger partial charge in [0.25, 0.3) is 0 Å². The van der Waals surface area contributed by atoms with E-state index >= 15 is 0 Å². The Kier molecular flexibility index (Phi) is 3.89. The number of hydrogen-bond donors (Lipinski definition) is 1. The molecule has 0 saturated carbocycles. The molecule has 0 saturated heterocycles. The molecule has 3 aromatic heterocycles. The van der Waals surface area contributed by atoms with Gasteiger partial charge in [-0.15, -0.1) is 0 Å². The van der Waals surface area contributed by atoms with Crippen LogP contribution < -0.4 is 5.32 Å². The van der Waals surface area contributed by atoms with E-state index in [2.05, 4.69) is 25.4 Å². The maximum atomic E-state index is 11.2. The quantitative estimate of drug-likeness (QED) is 0.562. The summed E-state index contributed by atoms with van der Waals surface area (Å²) in [6.07, 6.45) is 5.41. The number of aromatic nitrogens is 6. The molecular weight excluding hydrogens is 354 g/mol. The number of aryl methyl sites for hydroxylation is 1. The number of hydrogen-bond acceptors (Lipinski definition) is 5. The van der Waals surface area contributed by atoms with Crippen LogP contribution in [-0.4, -0.2) is 35.2 Å². The van der Waals surface area contributed by atoms with Gasteiger partial charge in [0.05, 0.1) is 17.2 Å². The van der Waals surface area contributed by atoms with Gasteiger partial charge in [-0.1, -0.05) is 17.7 Å². The van der Waals surface area contributed by atoms with Crippen molar-refractivity contribution >= 4 is 34.5 Å². The number of benzene rings is 1. The van der Waals surface area contributed by atoms with Gasteiger partial charge in [0.2, 0.25) is 11.9 Å². The zero-order chi connectivity index (χ0) is 18.3. The Bertz CT molecular complexity index is 1130. The summed E-state index contributed by atoms with van der Waals surface area (Å²) in [5.41, 5.74) is 3.71. The van der Waals surface area contributed by atoms with Crippen LogP contribution >= 0.6 is 11.6 Å². The molecule has 9 heteroatoms. The SMILES string of the molecule is CC(=O)Nc1nc(Cl)cc(-n2cnc3cc(-c4cnn(C)c4)ccc32)n1. The van der Waals surface area contributed by atoms with Crippen molar-refractivity contribution in [3.63, 3.8) is 0 Å². The van der Waals surface area contributed by atoms with Gasteiger partial charge in [0, 0.05) is 31.8 Å². The third-order valence-electron chi connectivity index (χ3n) is 3.80. The molecule has 4 rings (SSSR count). The molecule has 0 atom stereocenters. The minimum absolute atomic E-state index is 0.147. The second kappa shape index (κ2) is 6.23. The van der Waals surface area contributed by atoms with Crippen LogP contribution in [0.15, 0.2) is 43.0 Å². The van der Waals surface area contributed by atoms with Crippen molar-refractivity contribution in [3.8, 4) is 16.9 Å². The van der Waals surface area contributed by atoms with E-state index in [1.54, 1.807) is 21.6 Å². The fourth-order valence-corrected chi connectivity index (χ4v) is 2.87. The molecule has 0 aliphatic rings. The van der Waals surface area contributed by atoms with Crippen molar-refractivity contribution in [3.05, 3.63) is 48.1 Å². The highest BCUT2D eigenvalue weighted by Gasteiger charge is 2.11. The molecule has 1 amide bonds. The number of nitrogens with zero attached hydrogens (tertiary/aromatic N) is 6. The molecule has 4 aromatic rings. The van der Waals surface area contributed by atoms with E-state index in [0.29, 0.717) is 5.82 Å². The van der Waals surface area contributed by atoms with Crippen molar-refractivity contribution in [1.82, 2.24) is 29.3 Å². The van der Waals surface area contributed by atoms with Gasteiger partial charge in [-0.2, -0.15) is 10.1 Å². The average Bonchev–Trinajstić information content (AvgIpc) is 3.19. The number of anilines is 1. The lowest BCUT2D eigenvalue weighted by molar-refractivity contribution is -0.114. The Morgan fingerprint density at radius 3 is 2.77 bits per heavy atom. The monoisotopic (exact) mass is 367 g/mol. The predicted molar refractivity (Wildman–Crippen MR) is 98.2 cm³/mol. The van der Waals surface area contributed by atoms with E-state index in [1.807, 2.05) is 37.6 Å². The second-order valence-corrected chi connectivity index (χ2v) is 6.16. The van der Waals surface area contributed by atoms with Gasteiger partial charge in [-0.05, 0) is 17.7 Å². The molecule has 1 N–H and O–H groups in total. The third kappa shape index (κ3) is 3.02. The second-order valence-electron chi connectivity index (χ2n) is 5.77. The predicted octanol–water partition coefficient (Wildman–Crippen LogP) is 2.83. The summed E-state index contributed by atoms with van der Waals surface area (Å²) >= 11 is 6.06. The minimum atomic E-state index is -0.269. The Balaban J connectivity index is 1.78. The van der Waals surface area contributed by atoms with Gasteiger partial charge < -0.3 is 0 Å². The number of rotatable bonds is 3. The van der Waals surface area contributed by atoms with Crippen molar-refractivity contribution in [2.24, 2.45) is 7.05 Å².